The number of nitrogens with zero attached hydrogens (tertiary/aromatic N) is 1. The summed E-state index contributed by atoms with van der Waals surface area (Å²) in [5, 5.41) is 5.03. The van der Waals surface area contributed by atoms with Gasteiger partial charge in [-0.2, -0.15) is 0 Å². The molecule has 0 aliphatic carbocycles. The maximum absolute atomic E-state index is 11.9. The van der Waals surface area contributed by atoms with Gasteiger partial charge in [-0.1, -0.05) is 29.8 Å². The summed E-state index contributed by atoms with van der Waals surface area (Å²) >= 11 is 6.14. The van der Waals surface area contributed by atoms with Gasteiger partial charge in [-0.05, 0) is 61.6 Å². The van der Waals surface area contributed by atoms with Crippen molar-refractivity contribution in [1.82, 2.24) is 4.90 Å². The van der Waals surface area contributed by atoms with Crippen LogP contribution in [0.15, 0.2) is 51.7 Å². The zero-order chi connectivity index (χ0) is 19.7. The number of aryl methyl sites for hydroxylation is 2. The van der Waals surface area contributed by atoms with Gasteiger partial charge >= 0.3 is 5.63 Å². The Kier molecular flexibility index (Phi) is 5.42. The molecule has 2 heterocycles. The molecule has 4 rings (SSSR count). The van der Waals surface area contributed by atoms with Gasteiger partial charge in [0.05, 0.1) is 5.69 Å². The zero-order valence-corrected chi connectivity index (χ0v) is 17.1. The summed E-state index contributed by atoms with van der Waals surface area (Å²) in [5.41, 5.74) is 5.09. The summed E-state index contributed by atoms with van der Waals surface area (Å²) in [6.07, 6.45) is 2.07. The van der Waals surface area contributed by atoms with Crippen LogP contribution >= 0.6 is 11.6 Å². The molecule has 28 heavy (non-hydrogen) atoms. The molecule has 1 fully saturated rings. The number of nitrogens with one attached hydrogen (secondary N) is 1. The fourth-order valence-electron chi connectivity index (χ4n) is 3.87. The van der Waals surface area contributed by atoms with Crippen LogP contribution in [0, 0.1) is 13.8 Å². The third-order valence-electron chi connectivity index (χ3n) is 5.63. The van der Waals surface area contributed by atoms with E-state index in [4.69, 9.17) is 16.0 Å². The standard InChI is InChI=1S/C23H25ClN2O2/c1-15-3-4-17(11-16(15)2)14-26-9-7-19(8-10-26)25-21-13-23(27)28-22-6-5-18(24)12-20(21)22/h3-6,11-13,19,25H,7-10,14H2,1-2H3. The highest BCUT2D eigenvalue weighted by molar-refractivity contribution is 6.31. The molecule has 1 saturated heterocycles. The molecule has 1 aliphatic heterocycles. The van der Waals surface area contributed by atoms with E-state index in [1.807, 2.05) is 6.07 Å². The molecular formula is C23H25ClN2O2. The van der Waals surface area contributed by atoms with Crippen LogP contribution in [0.5, 0.6) is 0 Å². The van der Waals surface area contributed by atoms with Crippen LogP contribution in [0.4, 0.5) is 5.69 Å². The second-order valence-corrected chi connectivity index (χ2v) is 8.17. The molecule has 1 N–H and O–H groups in total. The summed E-state index contributed by atoms with van der Waals surface area (Å²) in [6.45, 7) is 7.37. The topological polar surface area (TPSA) is 45.5 Å². The van der Waals surface area contributed by atoms with E-state index in [-0.39, 0.29) is 5.63 Å². The molecule has 5 heteroatoms. The minimum Gasteiger partial charge on any atom is -0.423 e. The molecule has 0 spiro atoms. The molecule has 0 amide bonds. The fourth-order valence-corrected chi connectivity index (χ4v) is 4.04. The Balaban J connectivity index is 1.42. The van der Waals surface area contributed by atoms with E-state index >= 15 is 0 Å². The third kappa shape index (κ3) is 4.23. The van der Waals surface area contributed by atoms with Crippen molar-refractivity contribution in [3.63, 3.8) is 0 Å². The second kappa shape index (κ2) is 7.98. The van der Waals surface area contributed by atoms with Gasteiger partial charge in [-0.15, -0.1) is 0 Å². The van der Waals surface area contributed by atoms with Crippen LogP contribution in [0.2, 0.25) is 5.02 Å². The Morgan fingerprint density at radius 2 is 1.86 bits per heavy atom. The Hall–Kier alpha value is -2.30. The van der Waals surface area contributed by atoms with Gasteiger partial charge < -0.3 is 9.73 Å². The predicted octanol–water partition coefficient (Wildman–Crippen LogP) is 5.14. The molecular weight excluding hydrogens is 372 g/mol. The van der Waals surface area contributed by atoms with Crippen molar-refractivity contribution in [2.45, 2.75) is 39.3 Å². The number of benzene rings is 2. The number of rotatable bonds is 4. The summed E-state index contributed by atoms with van der Waals surface area (Å²) in [7, 11) is 0. The summed E-state index contributed by atoms with van der Waals surface area (Å²) in [5.74, 6) is 0. The van der Waals surface area contributed by atoms with Crippen LogP contribution in [0.1, 0.15) is 29.5 Å². The number of piperidine rings is 1. The van der Waals surface area contributed by atoms with E-state index in [1.165, 1.54) is 22.8 Å². The van der Waals surface area contributed by atoms with E-state index in [1.54, 1.807) is 12.1 Å². The smallest absolute Gasteiger partial charge is 0.338 e. The van der Waals surface area contributed by atoms with Gasteiger partial charge in [0.1, 0.15) is 5.58 Å². The quantitative estimate of drug-likeness (QED) is 0.620. The van der Waals surface area contributed by atoms with Crippen LogP contribution in [0.3, 0.4) is 0 Å². The highest BCUT2D eigenvalue weighted by atomic mass is 35.5. The lowest BCUT2D eigenvalue weighted by Gasteiger charge is -2.33. The van der Waals surface area contributed by atoms with Gasteiger partial charge in [0, 0.05) is 42.2 Å². The largest absolute Gasteiger partial charge is 0.423 e. The first-order valence-electron chi connectivity index (χ1n) is 9.76. The van der Waals surface area contributed by atoms with Crippen molar-refractivity contribution in [1.29, 1.82) is 0 Å². The Morgan fingerprint density at radius 3 is 2.61 bits per heavy atom. The Morgan fingerprint density at radius 1 is 1.07 bits per heavy atom. The van der Waals surface area contributed by atoms with E-state index in [9.17, 15) is 4.79 Å². The summed E-state index contributed by atoms with van der Waals surface area (Å²) in [4.78, 5) is 14.4. The normalized spacial score (nSPS) is 15.8. The molecule has 0 unspecified atom stereocenters. The summed E-state index contributed by atoms with van der Waals surface area (Å²) < 4.78 is 5.29. The van der Waals surface area contributed by atoms with Crippen molar-refractivity contribution in [2.24, 2.45) is 0 Å². The lowest BCUT2D eigenvalue weighted by Crippen LogP contribution is -2.38. The second-order valence-electron chi connectivity index (χ2n) is 7.73. The van der Waals surface area contributed by atoms with E-state index in [2.05, 4.69) is 42.3 Å². The number of hydrogen-bond donors (Lipinski definition) is 1. The maximum atomic E-state index is 11.9. The van der Waals surface area contributed by atoms with E-state index in [0.717, 1.165) is 43.5 Å². The molecule has 0 atom stereocenters. The van der Waals surface area contributed by atoms with Crippen molar-refractivity contribution >= 4 is 28.3 Å². The molecule has 0 radical (unpaired) electrons. The molecule has 146 valence electrons. The highest BCUT2D eigenvalue weighted by Crippen LogP contribution is 2.27. The number of halogens is 1. The first kappa shape index (κ1) is 19.0. The Bertz CT molecular complexity index is 1050. The van der Waals surface area contributed by atoms with Gasteiger partial charge in [-0.3, -0.25) is 4.90 Å². The van der Waals surface area contributed by atoms with Crippen LogP contribution in [0.25, 0.3) is 11.0 Å². The molecule has 1 aromatic heterocycles. The van der Waals surface area contributed by atoms with Gasteiger partial charge in [0.15, 0.2) is 0 Å². The van der Waals surface area contributed by atoms with Gasteiger partial charge in [-0.25, -0.2) is 4.79 Å². The zero-order valence-electron chi connectivity index (χ0n) is 16.3. The number of hydrogen-bond acceptors (Lipinski definition) is 4. The van der Waals surface area contributed by atoms with Gasteiger partial charge in [0.2, 0.25) is 0 Å². The van der Waals surface area contributed by atoms with Crippen molar-refractivity contribution in [3.05, 3.63) is 74.6 Å². The number of anilines is 1. The van der Waals surface area contributed by atoms with Crippen molar-refractivity contribution in [3.8, 4) is 0 Å². The van der Waals surface area contributed by atoms with Crippen molar-refractivity contribution < 1.29 is 4.42 Å². The van der Waals surface area contributed by atoms with E-state index < -0.39 is 0 Å². The highest BCUT2D eigenvalue weighted by Gasteiger charge is 2.20. The number of likely N-dealkylation sites (tertiary alicyclic amines) is 1. The fraction of sp³-hybridized carbons (Fsp3) is 0.348. The lowest BCUT2D eigenvalue weighted by atomic mass is 10.0. The third-order valence-corrected chi connectivity index (χ3v) is 5.86. The average Bonchev–Trinajstić information content (AvgIpc) is 2.67. The average molecular weight is 397 g/mol. The number of fused-ring (bicyclic) bond motifs is 1. The molecule has 3 aromatic rings. The summed E-state index contributed by atoms with van der Waals surface area (Å²) in [6, 6.07) is 13.9. The molecule has 4 nitrogen and oxygen atoms in total. The van der Waals surface area contributed by atoms with E-state index in [0.29, 0.717) is 16.6 Å². The van der Waals surface area contributed by atoms with Crippen molar-refractivity contribution in [2.75, 3.05) is 18.4 Å². The first-order valence-corrected chi connectivity index (χ1v) is 10.1. The molecule has 0 bridgehead atoms. The van der Waals surface area contributed by atoms with Gasteiger partial charge in [0.25, 0.3) is 0 Å². The minimum absolute atomic E-state index is 0.333. The maximum Gasteiger partial charge on any atom is 0.338 e. The van der Waals surface area contributed by atoms with Crippen LogP contribution in [-0.4, -0.2) is 24.0 Å². The SMILES string of the molecule is Cc1ccc(CN2CCC(Nc3cc(=O)oc4ccc(Cl)cc34)CC2)cc1C. The Labute approximate surface area is 170 Å². The van der Waals surface area contributed by atoms with Crippen LogP contribution in [-0.2, 0) is 6.54 Å². The molecule has 2 aromatic carbocycles. The minimum atomic E-state index is -0.343. The predicted molar refractivity (Wildman–Crippen MR) is 115 cm³/mol. The molecule has 0 saturated carbocycles. The lowest BCUT2D eigenvalue weighted by molar-refractivity contribution is 0.211. The monoisotopic (exact) mass is 396 g/mol. The first-order chi connectivity index (χ1) is 13.5. The van der Waals surface area contributed by atoms with Crippen LogP contribution < -0.4 is 10.9 Å². The molecule has 1 aliphatic rings.